The molecule has 2 unspecified atom stereocenters. The third-order valence-corrected chi connectivity index (χ3v) is 3.77. The van der Waals surface area contributed by atoms with Gasteiger partial charge in [0.05, 0.1) is 5.92 Å². The molecule has 0 spiro atoms. The lowest BCUT2D eigenvalue weighted by atomic mass is 10.0. The number of aliphatic carboxylic acids is 1. The minimum absolute atomic E-state index is 0.0463. The molecule has 1 heterocycles. The number of carbonyl (C=O) groups is 2. The molecule has 1 aliphatic heterocycles. The number of nitrogens with one attached hydrogen (secondary N) is 1. The zero-order chi connectivity index (χ0) is 15.6. The van der Waals surface area contributed by atoms with E-state index in [-0.39, 0.29) is 12.1 Å². The Kier molecular flexibility index (Phi) is 4.40. The van der Waals surface area contributed by atoms with Crippen LogP contribution < -0.4 is 5.32 Å². The Balaban J connectivity index is 1.96. The van der Waals surface area contributed by atoms with Gasteiger partial charge in [-0.25, -0.2) is 13.6 Å². The molecule has 1 aliphatic rings. The van der Waals surface area contributed by atoms with Crippen molar-refractivity contribution in [1.29, 1.82) is 0 Å². The van der Waals surface area contributed by atoms with Crippen molar-refractivity contribution in [2.45, 2.75) is 25.9 Å². The summed E-state index contributed by atoms with van der Waals surface area (Å²) >= 11 is 0. The molecule has 2 rings (SSSR count). The Morgan fingerprint density at radius 2 is 2.14 bits per heavy atom. The third kappa shape index (κ3) is 3.29. The Morgan fingerprint density at radius 1 is 1.43 bits per heavy atom. The number of nitrogens with zero attached hydrogens (tertiary/aromatic N) is 1. The predicted octanol–water partition coefficient (Wildman–Crippen LogP) is 1.97. The van der Waals surface area contributed by atoms with Crippen molar-refractivity contribution in [3.63, 3.8) is 0 Å². The molecule has 2 amide bonds. The summed E-state index contributed by atoms with van der Waals surface area (Å²) in [7, 11) is 0. The van der Waals surface area contributed by atoms with Crippen LogP contribution in [0.1, 0.15) is 18.9 Å². The summed E-state index contributed by atoms with van der Waals surface area (Å²) in [5.74, 6) is -2.72. The molecule has 0 bridgehead atoms. The van der Waals surface area contributed by atoms with Gasteiger partial charge in [-0.05, 0) is 31.5 Å². The van der Waals surface area contributed by atoms with Crippen LogP contribution in [0.3, 0.4) is 0 Å². The first-order valence-corrected chi connectivity index (χ1v) is 6.61. The molecule has 1 saturated heterocycles. The Hall–Kier alpha value is -2.18. The maximum atomic E-state index is 13.4. The topological polar surface area (TPSA) is 69.6 Å². The van der Waals surface area contributed by atoms with Crippen molar-refractivity contribution in [2.75, 3.05) is 6.54 Å². The van der Waals surface area contributed by atoms with E-state index in [2.05, 4.69) is 5.32 Å². The van der Waals surface area contributed by atoms with Gasteiger partial charge in [-0.15, -0.1) is 0 Å². The van der Waals surface area contributed by atoms with Crippen LogP contribution in [0.25, 0.3) is 0 Å². The van der Waals surface area contributed by atoms with Gasteiger partial charge in [0, 0.05) is 24.7 Å². The molecule has 1 fully saturated rings. The number of halogens is 2. The quantitative estimate of drug-likeness (QED) is 0.896. The van der Waals surface area contributed by atoms with E-state index in [1.54, 1.807) is 6.92 Å². The van der Waals surface area contributed by atoms with Gasteiger partial charge in [-0.1, -0.05) is 0 Å². The SMILES string of the molecule is CC1C(C(=O)O)CCN1C(=O)NCc1cc(F)ccc1F. The molecule has 0 aromatic heterocycles. The molecule has 0 aliphatic carbocycles. The maximum Gasteiger partial charge on any atom is 0.317 e. The molecule has 5 nitrogen and oxygen atoms in total. The number of carboxylic acids is 1. The molecule has 0 radical (unpaired) electrons. The number of carbonyl (C=O) groups excluding carboxylic acids is 1. The molecule has 2 atom stereocenters. The van der Waals surface area contributed by atoms with Crippen molar-refractivity contribution in [1.82, 2.24) is 10.2 Å². The van der Waals surface area contributed by atoms with E-state index in [9.17, 15) is 18.4 Å². The fourth-order valence-electron chi connectivity index (χ4n) is 2.51. The van der Waals surface area contributed by atoms with Gasteiger partial charge in [0.1, 0.15) is 11.6 Å². The number of urea groups is 1. The molecular formula is C14H16F2N2O3. The van der Waals surface area contributed by atoms with Crippen LogP contribution >= 0.6 is 0 Å². The van der Waals surface area contributed by atoms with Crippen molar-refractivity contribution >= 4 is 12.0 Å². The van der Waals surface area contributed by atoms with Gasteiger partial charge in [-0.3, -0.25) is 4.79 Å². The number of amides is 2. The van der Waals surface area contributed by atoms with Gasteiger partial charge >= 0.3 is 12.0 Å². The van der Waals surface area contributed by atoms with E-state index in [0.29, 0.717) is 13.0 Å². The normalized spacial score (nSPS) is 21.4. The zero-order valence-electron chi connectivity index (χ0n) is 11.5. The standard InChI is InChI=1S/C14H16F2N2O3/c1-8-11(13(19)20)4-5-18(8)14(21)17-7-9-6-10(15)2-3-12(9)16/h2-3,6,8,11H,4-5,7H2,1H3,(H,17,21)(H,19,20). The fraction of sp³-hybridized carbons (Fsp3) is 0.429. The van der Waals surface area contributed by atoms with Crippen molar-refractivity contribution < 1.29 is 23.5 Å². The summed E-state index contributed by atoms with van der Waals surface area (Å²) in [6.45, 7) is 1.84. The summed E-state index contributed by atoms with van der Waals surface area (Å²) < 4.78 is 26.5. The van der Waals surface area contributed by atoms with Gasteiger partial charge in [0.25, 0.3) is 0 Å². The van der Waals surface area contributed by atoms with E-state index < -0.39 is 35.6 Å². The van der Waals surface area contributed by atoms with Crippen LogP contribution in [0.4, 0.5) is 13.6 Å². The summed E-state index contributed by atoms with van der Waals surface area (Å²) in [6, 6.07) is 2.11. The third-order valence-electron chi connectivity index (χ3n) is 3.77. The fourth-order valence-corrected chi connectivity index (χ4v) is 2.51. The van der Waals surface area contributed by atoms with Crippen LogP contribution in [0.15, 0.2) is 18.2 Å². The maximum absolute atomic E-state index is 13.4. The van der Waals surface area contributed by atoms with Crippen molar-refractivity contribution in [2.24, 2.45) is 5.92 Å². The second kappa shape index (κ2) is 6.07. The first-order valence-electron chi connectivity index (χ1n) is 6.61. The van der Waals surface area contributed by atoms with E-state index in [4.69, 9.17) is 5.11 Å². The average molecular weight is 298 g/mol. The lowest BCUT2D eigenvalue weighted by molar-refractivity contribution is -0.142. The molecule has 0 saturated carbocycles. The van der Waals surface area contributed by atoms with Crippen molar-refractivity contribution in [3.05, 3.63) is 35.4 Å². The number of rotatable bonds is 3. The molecule has 7 heteroatoms. The Labute approximate surface area is 120 Å². The molecular weight excluding hydrogens is 282 g/mol. The number of benzene rings is 1. The van der Waals surface area contributed by atoms with Gasteiger partial charge in [0.15, 0.2) is 0 Å². The van der Waals surface area contributed by atoms with Crippen LogP contribution in [0, 0.1) is 17.6 Å². The molecule has 2 N–H and O–H groups in total. The lowest BCUT2D eigenvalue weighted by Gasteiger charge is -2.23. The molecule has 1 aromatic carbocycles. The Bertz CT molecular complexity index is 565. The number of hydrogen-bond donors (Lipinski definition) is 2. The van der Waals surface area contributed by atoms with Crippen LogP contribution in [-0.2, 0) is 11.3 Å². The molecule has 114 valence electrons. The summed E-state index contributed by atoms with van der Waals surface area (Å²) in [5.41, 5.74) is 0.0463. The second-order valence-corrected chi connectivity index (χ2v) is 5.06. The largest absolute Gasteiger partial charge is 0.481 e. The number of likely N-dealkylation sites (tertiary alicyclic amines) is 1. The first kappa shape index (κ1) is 15.2. The van der Waals surface area contributed by atoms with Crippen LogP contribution in [-0.4, -0.2) is 34.6 Å². The zero-order valence-corrected chi connectivity index (χ0v) is 11.5. The average Bonchev–Trinajstić information content (AvgIpc) is 2.81. The van der Waals surface area contributed by atoms with E-state index in [0.717, 1.165) is 18.2 Å². The summed E-state index contributed by atoms with van der Waals surface area (Å²) in [6.07, 6.45) is 0.387. The minimum atomic E-state index is -0.936. The van der Waals surface area contributed by atoms with Crippen LogP contribution in [0.5, 0.6) is 0 Å². The van der Waals surface area contributed by atoms with E-state index >= 15 is 0 Å². The highest BCUT2D eigenvalue weighted by molar-refractivity contribution is 5.78. The first-order chi connectivity index (χ1) is 9.90. The second-order valence-electron chi connectivity index (χ2n) is 5.06. The number of carboxylic acid groups (broad SMARTS) is 1. The number of hydrogen-bond acceptors (Lipinski definition) is 2. The smallest absolute Gasteiger partial charge is 0.317 e. The lowest BCUT2D eigenvalue weighted by Crippen LogP contribution is -2.43. The van der Waals surface area contributed by atoms with E-state index in [1.165, 1.54) is 4.90 Å². The summed E-state index contributed by atoms with van der Waals surface area (Å²) in [5, 5.41) is 11.5. The highest BCUT2D eigenvalue weighted by atomic mass is 19.1. The van der Waals surface area contributed by atoms with Gasteiger partial charge < -0.3 is 15.3 Å². The molecule has 21 heavy (non-hydrogen) atoms. The monoisotopic (exact) mass is 298 g/mol. The highest BCUT2D eigenvalue weighted by Crippen LogP contribution is 2.24. The summed E-state index contributed by atoms with van der Waals surface area (Å²) in [4.78, 5) is 24.4. The molecule has 1 aromatic rings. The Morgan fingerprint density at radius 3 is 2.76 bits per heavy atom. The van der Waals surface area contributed by atoms with E-state index in [1.807, 2.05) is 0 Å². The van der Waals surface area contributed by atoms with Gasteiger partial charge in [0.2, 0.25) is 0 Å². The van der Waals surface area contributed by atoms with Gasteiger partial charge in [-0.2, -0.15) is 0 Å². The highest BCUT2D eigenvalue weighted by Gasteiger charge is 2.38. The van der Waals surface area contributed by atoms with Crippen molar-refractivity contribution in [3.8, 4) is 0 Å². The predicted molar refractivity (Wildman–Crippen MR) is 70.5 cm³/mol. The van der Waals surface area contributed by atoms with Crippen LogP contribution in [0.2, 0.25) is 0 Å². The minimum Gasteiger partial charge on any atom is -0.481 e.